The van der Waals surface area contributed by atoms with Crippen molar-refractivity contribution in [3.05, 3.63) is 30.6 Å². The molecule has 1 N–H and O–H groups in total. The van der Waals surface area contributed by atoms with Gasteiger partial charge in [0.1, 0.15) is 0 Å². The van der Waals surface area contributed by atoms with Crippen LogP contribution in [0.25, 0.3) is 11.0 Å². The van der Waals surface area contributed by atoms with Crippen molar-refractivity contribution in [2.24, 2.45) is 16.8 Å². The molecule has 4 heterocycles. The molecule has 4 unspecified atom stereocenters. The zero-order valence-corrected chi connectivity index (χ0v) is 18.1. The minimum Gasteiger partial charge on any atom is -0.374 e. The molecule has 0 saturated carbocycles. The molecule has 6 nitrogen and oxygen atoms in total. The number of fused-ring (bicyclic) bond motifs is 6. The van der Waals surface area contributed by atoms with Crippen LogP contribution in [0, 0.1) is 11.8 Å². The molecule has 3 aliphatic rings. The van der Waals surface area contributed by atoms with Gasteiger partial charge in [-0.3, -0.25) is 4.99 Å². The summed E-state index contributed by atoms with van der Waals surface area (Å²) in [7, 11) is 0. The second-order valence-corrected chi connectivity index (χ2v) is 7.69. The zero-order chi connectivity index (χ0) is 17.5. The molecule has 1 aromatic carbocycles. The largest absolute Gasteiger partial charge is 0.374 e. The molecule has 0 spiro atoms. The van der Waals surface area contributed by atoms with Gasteiger partial charge in [-0.15, -0.1) is 24.0 Å². The lowest BCUT2D eigenvalue weighted by Crippen LogP contribution is -2.41. The highest BCUT2D eigenvalue weighted by atomic mass is 127. The third-order valence-corrected chi connectivity index (χ3v) is 6.22. The Morgan fingerprint density at radius 1 is 1.22 bits per heavy atom. The summed E-state index contributed by atoms with van der Waals surface area (Å²) in [5, 5.41) is 3.49. The van der Waals surface area contributed by atoms with Crippen LogP contribution in [0.2, 0.25) is 0 Å². The number of hydrogen-bond acceptors (Lipinski definition) is 3. The Morgan fingerprint density at radius 2 is 1.96 bits per heavy atom. The lowest BCUT2D eigenvalue weighted by Gasteiger charge is -2.23. The third kappa shape index (κ3) is 3.44. The van der Waals surface area contributed by atoms with Gasteiger partial charge in [0, 0.05) is 38.0 Å². The van der Waals surface area contributed by atoms with Gasteiger partial charge in [0.15, 0.2) is 5.96 Å². The Bertz CT molecular complexity index is 804. The Balaban J connectivity index is 0.00000180. The maximum absolute atomic E-state index is 6.10. The van der Waals surface area contributed by atoms with Crippen molar-refractivity contribution in [1.29, 1.82) is 0 Å². The number of nitrogens with zero attached hydrogens (tertiary/aromatic N) is 4. The van der Waals surface area contributed by atoms with Crippen LogP contribution in [-0.4, -0.2) is 58.8 Å². The SMILES string of the molecule is CCNC(=NCCn1cnc2ccccc21)N1CC2C3CCC(O3)C2C1.I. The summed E-state index contributed by atoms with van der Waals surface area (Å²) < 4.78 is 8.29. The number of aromatic nitrogens is 2. The van der Waals surface area contributed by atoms with Crippen LogP contribution in [-0.2, 0) is 11.3 Å². The van der Waals surface area contributed by atoms with E-state index in [4.69, 9.17) is 9.73 Å². The van der Waals surface area contributed by atoms with Gasteiger partial charge < -0.3 is 19.5 Å². The second kappa shape index (κ2) is 7.95. The average molecular weight is 481 g/mol. The number of rotatable bonds is 4. The number of benzene rings is 1. The standard InChI is InChI=1S/C20H27N5O.HI/c1-2-21-20(25-11-14-15(12-25)19-8-7-18(14)26-19)22-9-10-24-13-23-16-5-3-4-6-17(16)24;/h3-6,13-15,18-19H,2,7-12H2,1H3,(H,21,22);1H. The summed E-state index contributed by atoms with van der Waals surface area (Å²) in [6.07, 6.45) is 5.41. The summed E-state index contributed by atoms with van der Waals surface area (Å²) in [5.41, 5.74) is 2.23. The van der Waals surface area contributed by atoms with E-state index >= 15 is 0 Å². The predicted molar refractivity (Wildman–Crippen MR) is 118 cm³/mol. The van der Waals surface area contributed by atoms with E-state index in [0.29, 0.717) is 24.0 Å². The number of nitrogens with one attached hydrogen (secondary N) is 1. The van der Waals surface area contributed by atoms with Crippen LogP contribution in [0.5, 0.6) is 0 Å². The van der Waals surface area contributed by atoms with Gasteiger partial charge in [0.2, 0.25) is 0 Å². The summed E-state index contributed by atoms with van der Waals surface area (Å²) in [6.45, 7) is 6.84. The first-order chi connectivity index (χ1) is 12.8. The molecular weight excluding hydrogens is 453 g/mol. The number of halogens is 1. The van der Waals surface area contributed by atoms with Crippen molar-refractivity contribution >= 4 is 41.0 Å². The Morgan fingerprint density at radius 3 is 2.70 bits per heavy atom. The molecule has 1 aromatic heterocycles. The fourth-order valence-corrected chi connectivity index (χ4v) is 5.01. The molecule has 0 amide bonds. The number of likely N-dealkylation sites (tertiary alicyclic amines) is 1. The van der Waals surface area contributed by atoms with Crippen LogP contribution >= 0.6 is 24.0 Å². The van der Waals surface area contributed by atoms with Gasteiger partial charge in [-0.05, 0) is 31.9 Å². The number of ether oxygens (including phenoxy) is 1. The van der Waals surface area contributed by atoms with Gasteiger partial charge >= 0.3 is 0 Å². The third-order valence-electron chi connectivity index (χ3n) is 6.22. The van der Waals surface area contributed by atoms with Gasteiger partial charge in [-0.25, -0.2) is 4.98 Å². The average Bonchev–Trinajstić information content (AvgIpc) is 3.42. The summed E-state index contributed by atoms with van der Waals surface area (Å²) in [4.78, 5) is 11.8. The van der Waals surface area contributed by atoms with Crippen molar-refractivity contribution in [3.63, 3.8) is 0 Å². The minimum absolute atomic E-state index is 0. The van der Waals surface area contributed by atoms with E-state index < -0.39 is 0 Å². The van der Waals surface area contributed by atoms with Gasteiger partial charge in [0.05, 0.1) is 36.1 Å². The molecule has 0 radical (unpaired) electrons. The molecule has 3 aliphatic heterocycles. The highest BCUT2D eigenvalue weighted by Crippen LogP contribution is 2.47. The lowest BCUT2D eigenvalue weighted by atomic mass is 9.82. The second-order valence-electron chi connectivity index (χ2n) is 7.69. The molecule has 7 heteroatoms. The van der Waals surface area contributed by atoms with Crippen LogP contribution in [0.3, 0.4) is 0 Å². The molecule has 2 aromatic rings. The molecule has 27 heavy (non-hydrogen) atoms. The maximum Gasteiger partial charge on any atom is 0.193 e. The Hall–Kier alpha value is -1.35. The van der Waals surface area contributed by atoms with Crippen LogP contribution in [0.4, 0.5) is 0 Å². The number of para-hydroxylation sites is 2. The Labute approximate surface area is 177 Å². The van der Waals surface area contributed by atoms with E-state index in [0.717, 1.165) is 44.2 Å². The number of hydrogen-bond donors (Lipinski definition) is 1. The summed E-state index contributed by atoms with van der Waals surface area (Å²) in [6, 6.07) is 8.27. The number of imidazole rings is 1. The van der Waals surface area contributed by atoms with Crippen LogP contribution in [0.1, 0.15) is 19.8 Å². The Kier molecular flexibility index (Phi) is 5.59. The molecule has 3 fully saturated rings. The molecular formula is C20H28IN5O. The highest BCUT2D eigenvalue weighted by Gasteiger charge is 2.53. The van der Waals surface area contributed by atoms with Crippen molar-refractivity contribution < 1.29 is 4.74 Å². The van der Waals surface area contributed by atoms with Crippen LogP contribution < -0.4 is 5.32 Å². The smallest absolute Gasteiger partial charge is 0.193 e. The monoisotopic (exact) mass is 481 g/mol. The van der Waals surface area contributed by atoms with E-state index in [1.807, 2.05) is 12.4 Å². The van der Waals surface area contributed by atoms with Gasteiger partial charge in [0.25, 0.3) is 0 Å². The van der Waals surface area contributed by atoms with Crippen LogP contribution in [0.15, 0.2) is 35.6 Å². The highest BCUT2D eigenvalue weighted by molar-refractivity contribution is 14.0. The zero-order valence-electron chi connectivity index (χ0n) is 15.8. The van der Waals surface area contributed by atoms with Crippen molar-refractivity contribution in [2.45, 2.75) is 38.5 Å². The van der Waals surface area contributed by atoms with Gasteiger partial charge in [-0.2, -0.15) is 0 Å². The first-order valence-electron chi connectivity index (χ1n) is 9.92. The first kappa shape index (κ1) is 19.0. The van der Waals surface area contributed by atoms with Crippen molar-refractivity contribution in [2.75, 3.05) is 26.2 Å². The van der Waals surface area contributed by atoms with E-state index in [9.17, 15) is 0 Å². The maximum atomic E-state index is 6.10. The fraction of sp³-hybridized carbons (Fsp3) is 0.600. The molecule has 0 aliphatic carbocycles. The van der Waals surface area contributed by atoms with Gasteiger partial charge in [-0.1, -0.05) is 12.1 Å². The predicted octanol–water partition coefficient (Wildman–Crippen LogP) is 2.73. The summed E-state index contributed by atoms with van der Waals surface area (Å²) >= 11 is 0. The molecule has 2 bridgehead atoms. The first-order valence-corrected chi connectivity index (χ1v) is 9.92. The van der Waals surface area contributed by atoms with Crippen molar-refractivity contribution in [1.82, 2.24) is 19.8 Å². The fourth-order valence-electron chi connectivity index (χ4n) is 5.01. The van der Waals surface area contributed by atoms with E-state index in [1.54, 1.807) is 0 Å². The van der Waals surface area contributed by atoms with E-state index in [2.05, 4.69) is 44.9 Å². The number of aliphatic imine (C=N–C) groups is 1. The minimum atomic E-state index is 0. The normalized spacial score (nSPS) is 29.2. The lowest BCUT2D eigenvalue weighted by molar-refractivity contribution is 0.0767. The molecule has 5 rings (SSSR count). The number of guanidine groups is 1. The van der Waals surface area contributed by atoms with E-state index in [1.165, 1.54) is 18.4 Å². The van der Waals surface area contributed by atoms with Crippen molar-refractivity contribution in [3.8, 4) is 0 Å². The molecule has 3 saturated heterocycles. The topological polar surface area (TPSA) is 54.7 Å². The van der Waals surface area contributed by atoms with E-state index in [-0.39, 0.29) is 24.0 Å². The quantitative estimate of drug-likeness (QED) is 0.415. The molecule has 4 atom stereocenters. The summed E-state index contributed by atoms with van der Waals surface area (Å²) in [5.74, 6) is 2.47. The molecule has 146 valence electrons.